The molecule has 0 radical (unpaired) electrons. The molecule has 0 aromatic carbocycles. The van der Waals surface area contributed by atoms with Gasteiger partial charge in [0.2, 0.25) is 0 Å². The number of carbonyl (C=O) groups is 1. The summed E-state index contributed by atoms with van der Waals surface area (Å²) < 4.78 is 0.919. The summed E-state index contributed by atoms with van der Waals surface area (Å²) in [5.74, 6) is -0.829. The van der Waals surface area contributed by atoms with Crippen molar-refractivity contribution in [1.29, 1.82) is 0 Å². The summed E-state index contributed by atoms with van der Waals surface area (Å²) >= 11 is 3.28. The molecule has 1 rings (SSSR count). The fourth-order valence-electron chi connectivity index (χ4n) is 1.06. The molecular formula is C9H11BrN2O2. The standard InChI is InChI=1S/C9H11BrN2O2/c1-12(6-9(13)14)5-8-3-2-7(10)4-11-8/h2-4H,5-6H2,1H3,(H,13,14). The Labute approximate surface area is 90.7 Å². The summed E-state index contributed by atoms with van der Waals surface area (Å²) in [7, 11) is 1.75. The van der Waals surface area contributed by atoms with Crippen LogP contribution < -0.4 is 0 Å². The molecular weight excluding hydrogens is 248 g/mol. The number of nitrogens with zero attached hydrogens (tertiary/aromatic N) is 2. The second-order valence-electron chi connectivity index (χ2n) is 3.03. The summed E-state index contributed by atoms with van der Waals surface area (Å²) in [6.45, 7) is 0.567. The van der Waals surface area contributed by atoms with E-state index in [0.717, 1.165) is 10.2 Å². The predicted molar refractivity (Wildman–Crippen MR) is 55.9 cm³/mol. The van der Waals surface area contributed by atoms with Gasteiger partial charge >= 0.3 is 5.97 Å². The van der Waals surface area contributed by atoms with E-state index < -0.39 is 5.97 Å². The van der Waals surface area contributed by atoms with Crippen LogP contribution in [-0.2, 0) is 11.3 Å². The first-order valence-corrected chi connectivity index (χ1v) is 4.88. The number of aromatic nitrogens is 1. The molecule has 0 aliphatic rings. The number of pyridine rings is 1. The Bertz CT molecular complexity index is 313. The van der Waals surface area contributed by atoms with E-state index >= 15 is 0 Å². The lowest BCUT2D eigenvalue weighted by Crippen LogP contribution is -2.25. The first-order valence-electron chi connectivity index (χ1n) is 4.08. The average molecular weight is 259 g/mol. The van der Waals surface area contributed by atoms with E-state index in [0.29, 0.717) is 6.54 Å². The fraction of sp³-hybridized carbons (Fsp3) is 0.333. The minimum Gasteiger partial charge on any atom is -0.480 e. The van der Waals surface area contributed by atoms with Gasteiger partial charge in [0.25, 0.3) is 0 Å². The van der Waals surface area contributed by atoms with Crippen LogP contribution >= 0.6 is 15.9 Å². The number of hydrogen-bond acceptors (Lipinski definition) is 3. The molecule has 1 aromatic heterocycles. The third-order valence-corrected chi connectivity index (χ3v) is 2.09. The summed E-state index contributed by atoms with van der Waals surface area (Å²) in [6, 6.07) is 3.75. The molecule has 0 amide bonds. The van der Waals surface area contributed by atoms with Crippen LogP contribution in [0.15, 0.2) is 22.8 Å². The van der Waals surface area contributed by atoms with Crippen LogP contribution in [0, 0.1) is 0 Å². The van der Waals surface area contributed by atoms with Gasteiger partial charge in [-0.3, -0.25) is 14.7 Å². The van der Waals surface area contributed by atoms with Crippen LogP contribution in [-0.4, -0.2) is 34.6 Å². The zero-order chi connectivity index (χ0) is 10.6. The number of rotatable bonds is 4. The zero-order valence-corrected chi connectivity index (χ0v) is 9.36. The van der Waals surface area contributed by atoms with Gasteiger partial charge in [-0.15, -0.1) is 0 Å². The van der Waals surface area contributed by atoms with Crippen molar-refractivity contribution < 1.29 is 9.90 Å². The lowest BCUT2D eigenvalue weighted by Gasteiger charge is -2.12. The lowest BCUT2D eigenvalue weighted by atomic mass is 10.3. The Balaban J connectivity index is 2.51. The van der Waals surface area contributed by atoms with Crippen LogP contribution in [0.2, 0.25) is 0 Å². The number of likely N-dealkylation sites (N-methyl/N-ethyl adjacent to an activating group) is 1. The maximum atomic E-state index is 10.4. The third-order valence-electron chi connectivity index (χ3n) is 1.63. The van der Waals surface area contributed by atoms with E-state index in [1.807, 2.05) is 12.1 Å². The van der Waals surface area contributed by atoms with Crippen LogP contribution in [0.1, 0.15) is 5.69 Å². The minimum absolute atomic E-state index is 0.0255. The maximum Gasteiger partial charge on any atom is 0.317 e. The summed E-state index contributed by atoms with van der Waals surface area (Å²) in [4.78, 5) is 16.2. The van der Waals surface area contributed by atoms with E-state index in [2.05, 4.69) is 20.9 Å². The molecule has 0 bridgehead atoms. The molecule has 0 fully saturated rings. The van der Waals surface area contributed by atoms with E-state index in [1.54, 1.807) is 18.1 Å². The van der Waals surface area contributed by atoms with Gasteiger partial charge in [0.15, 0.2) is 0 Å². The summed E-state index contributed by atoms with van der Waals surface area (Å²) in [5, 5.41) is 8.54. The number of carboxylic acid groups (broad SMARTS) is 1. The van der Waals surface area contributed by atoms with Crippen LogP contribution in [0.5, 0.6) is 0 Å². The van der Waals surface area contributed by atoms with Gasteiger partial charge in [0.1, 0.15) is 0 Å². The van der Waals surface area contributed by atoms with Gasteiger partial charge in [-0.05, 0) is 35.1 Å². The van der Waals surface area contributed by atoms with Gasteiger partial charge in [-0.25, -0.2) is 0 Å². The summed E-state index contributed by atoms with van der Waals surface area (Å²) in [5.41, 5.74) is 0.858. The maximum absolute atomic E-state index is 10.4. The minimum atomic E-state index is -0.829. The van der Waals surface area contributed by atoms with Crippen LogP contribution in [0.3, 0.4) is 0 Å². The molecule has 1 heterocycles. The number of halogens is 1. The molecule has 1 N–H and O–H groups in total. The van der Waals surface area contributed by atoms with E-state index in [9.17, 15) is 4.79 Å². The second kappa shape index (κ2) is 5.07. The molecule has 4 nitrogen and oxygen atoms in total. The predicted octanol–water partition coefficient (Wildman–Crippen LogP) is 1.36. The molecule has 1 aromatic rings. The summed E-state index contributed by atoms with van der Waals surface area (Å²) in [6.07, 6.45) is 1.70. The highest BCUT2D eigenvalue weighted by Crippen LogP contribution is 2.08. The molecule has 76 valence electrons. The molecule has 14 heavy (non-hydrogen) atoms. The van der Waals surface area contributed by atoms with E-state index in [1.165, 1.54) is 0 Å². The van der Waals surface area contributed by atoms with Gasteiger partial charge in [0.05, 0.1) is 12.2 Å². The Morgan fingerprint density at radius 2 is 2.36 bits per heavy atom. The van der Waals surface area contributed by atoms with Crippen molar-refractivity contribution in [3.63, 3.8) is 0 Å². The monoisotopic (exact) mass is 258 g/mol. The number of carboxylic acids is 1. The Kier molecular flexibility index (Phi) is 4.03. The second-order valence-corrected chi connectivity index (χ2v) is 3.95. The Morgan fingerprint density at radius 1 is 1.64 bits per heavy atom. The van der Waals surface area contributed by atoms with Crippen molar-refractivity contribution in [2.45, 2.75) is 6.54 Å². The largest absolute Gasteiger partial charge is 0.480 e. The Hall–Kier alpha value is -0.940. The van der Waals surface area contributed by atoms with Crippen molar-refractivity contribution in [2.75, 3.05) is 13.6 Å². The van der Waals surface area contributed by atoms with Gasteiger partial charge in [0, 0.05) is 17.2 Å². The van der Waals surface area contributed by atoms with Crippen molar-refractivity contribution in [3.8, 4) is 0 Å². The number of aliphatic carboxylic acids is 1. The molecule has 0 saturated heterocycles. The SMILES string of the molecule is CN(CC(=O)O)Cc1ccc(Br)cn1. The van der Waals surface area contributed by atoms with E-state index in [4.69, 9.17) is 5.11 Å². The van der Waals surface area contributed by atoms with Gasteiger partial charge in [-0.2, -0.15) is 0 Å². The van der Waals surface area contributed by atoms with Gasteiger partial charge in [-0.1, -0.05) is 0 Å². The van der Waals surface area contributed by atoms with Crippen molar-refractivity contribution in [3.05, 3.63) is 28.5 Å². The highest BCUT2D eigenvalue weighted by Gasteiger charge is 2.05. The quantitative estimate of drug-likeness (QED) is 0.887. The van der Waals surface area contributed by atoms with Crippen molar-refractivity contribution in [2.24, 2.45) is 0 Å². The Morgan fingerprint density at radius 3 is 2.86 bits per heavy atom. The third kappa shape index (κ3) is 3.85. The molecule has 0 atom stereocenters. The van der Waals surface area contributed by atoms with E-state index in [-0.39, 0.29) is 6.54 Å². The first-order chi connectivity index (χ1) is 6.58. The topological polar surface area (TPSA) is 53.4 Å². The highest BCUT2D eigenvalue weighted by molar-refractivity contribution is 9.10. The zero-order valence-electron chi connectivity index (χ0n) is 7.77. The number of hydrogen-bond donors (Lipinski definition) is 1. The normalized spacial score (nSPS) is 10.5. The molecule has 0 spiro atoms. The molecule has 0 aliphatic heterocycles. The lowest BCUT2D eigenvalue weighted by molar-refractivity contribution is -0.138. The van der Waals surface area contributed by atoms with Gasteiger partial charge < -0.3 is 5.11 Å². The highest BCUT2D eigenvalue weighted by atomic mass is 79.9. The first kappa shape index (κ1) is 11.1. The average Bonchev–Trinajstić information content (AvgIpc) is 2.07. The fourth-order valence-corrected chi connectivity index (χ4v) is 1.30. The van der Waals surface area contributed by atoms with Crippen LogP contribution in [0.4, 0.5) is 0 Å². The molecule has 0 unspecified atom stereocenters. The molecule has 0 aliphatic carbocycles. The smallest absolute Gasteiger partial charge is 0.317 e. The van der Waals surface area contributed by atoms with Crippen molar-refractivity contribution in [1.82, 2.24) is 9.88 Å². The molecule has 5 heteroatoms. The molecule has 0 saturated carbocycles. The van der Waals surface area contributed by atoms with Crippen molar-refractivity contribution >= 4 is 21.9 Å². The van der Waals surface area contributed by atoms with Crippen LogP contribution in [0.25, 0.3) is 0 Å².